The highest BCUT2D eigenvalue weighted by Crippen LogP contribution is 2.42. The average Bonchev–Trinajstić information content (AvgIpc) is 3.26. The topological polar surface area (TPSA) is 66.7 Å². The molecule has 1 aromatic heterocycles. The number of carbonyl (C=O) groups is 2. The highest BCUT2D eigenvalue weighted by molar-refractivity contribution is 5.95. The molecule has 4 aliphatic rings. The first-order valence-electron chi connectivity index (χ1n) is 10.7. The van der Waals surface area contributed by atoms with Gasteiger partial charge >= 0.3 is 0 Å². The number of fused-ring (bicyclic) bond motifs is 1. The van der Waals surface area contributed by atoms with E-state index in [0.717, 1.165) is 69.4 Å². The minimum Gasteiger partial charge on any atom is -0.360 e. The monoisotopic (exact) mass is 371 g/mol. The Morgan fingerprint density at radius 2 is 1.96 bits per heavy atom. The quantitative estimate of drug-likeness (QED) is 0.819. The summed E-state index contributed by atoms with van der Waals surface area (Å²) in [5.41, 5.74) is 1.15. The normalized spacial score (nSPS) is 28.5. The second-order valence-electron chi connectivity index (χ2n) is 9.05. The zero-order valence-electron chi connectivity index (χ0n) is 16.0. The molecule has 2 aliphatic carbocycles. The van der Waals surface area contributed by atoms with E-state index in [2.05, 4.69) is 10.1 Å². The summed E-state index contributed by atoms with van der Waals surface area (Å²) in [6, 6.07) is 0. The van der Waals surface area contributed by atoms with Gasteiger partial charge in [0.25, 0.3) is 5.91 Å². The number of hydrogen-bond acceptors (Lipinski definition) is 4. The van der Waals surface area contributed by atoms with Crippen LogP contribution >= 0.6 is 0 Å². The predicted octanol–water partition coefficient (Wildman–Crippen LogP) is 2.81. The van der Waals surface area contributed by atoms with E-state index in [4.69, 9.17) is 4.52 Å². The number of piperidine rings is 1. The molecule has 0 unspecified atom stereocenters. The predicted molar refractivity (Wildman–Crippen MR) is 99.3 cm³/mol. The summed E-state index contributed by atoms with van der Waals surface area (Å²) < 4.78 is 5.43. The summed E-state index contributed by atoms with van der Waals surface area (Å²) in [7, 11) is 0. The first kappa shape index (κ1) is 17.3. The van der Waals surface area contributed by atoms with E-state index in [9.17, 15) is 9.59 Å². The molecular formula is C21H29N3O3. The van der Waals surface area contributed by atoms with Gasteiger partial charge in [-0.25, -0.2) is 0 Å². The summed E-state index contributed by atoms with van der Waals surface area (Å²) in [5, 5.41) is 4.11. The number of aryl methyl sites for hydroxylation is 1. The fraction of sp³-hybridized carbons (Fsp3) is 0.762. The number of likely N-dealkylation sites (tertiary alicyclic amines) is 2. The standard InChI is InChI=1S/C21H29N3O3/c25-19(18-16-7-1-2-8-17(16)27-22-18)24-12-10-21(14-24)9-4-11-23(20(21)26)13-15-5-3-6-15/h15H,1-14H2/t21-/m1/s1. The average molecular weight is 371 g/mol. The van der Waals surface area contributed by atoms with Crippen LogP contribution in [-0.2, 0) is 17.6 Å². The Morgan fingerprint density at radius 3 is 2.78 bits per heavy atom. The molecule has 0 radical (unpaired) electrons. The van der Waals surface area contributed by atoms with E-state index in [0.29, 0.717) is 24.7 Å². The Bertz CT molecular complexity index is 754. The maximum absolute atomic E-state index is 13.3. The van der Waals surface area contributed by atoms with Crippen molar-refractivity contribution in [1.82, 2.24) is 15.0 Å². The van der Waals surface area contributed by atoms with Crippen LogP contribution in [0.3, 0.4) is 0 Å². The van der Waals surface area contributed by atoms with Crippen molar-refractivity contribution in [2.75, 3.05) is 26.2 Å². The number of hydrogen-bond donors (Lipinski definition) is 0. The van der Waals surface area contributed by atoms with Crippen molar-refractivity contribution < 1.29 is 14.1 Å². The fourth-order valence-electron chi connectivity index (χ4n) is 5.44. The van der Waals surface area contributed by atoms with Gasteiger partial charge < -0.3 is 14.3 Å². The van der Waals surface area contributed by atoms with Crippen LogP contribution in [0.15, 0.2) is 4.52 Å². The maximum Gasteiger partial charge on any atom is 0.276 e. The molecule has 1 atom stereocenters. The molecular weight excluding hydrogens is 342 g/mol. The van der Waals surface area contributed by atoms with Crippen molar-refractivity contribution >= 4 is 11.8 Å². The number of rotatable bonds is 3. The molecule has 0 aromatic carbocycles. The van der Waals surface area contributed by atoms with Gasteiger partial charge in [0, 0.05) is 38.2 Å². The van der Waals surface area contributed by atoms with Gasteiger partial charge in [-0.2, -0.15) is 0 Å². The molecule has 1 spiro atoms. The molecule has 146 valence electrons. The number of nitrogens with zero attached hydrogens (tertiary/aromatic N) is 3. The van der Waals surface area contributed by atoms with Crippen LogP contribution in [0.25, 0.3) is 0 Å². The third-order valence-corrected chi connectivity index (χ3v) is 7.32. The van der Waals surface area contributed by atoms with Crippen LogP contribution < -0.4 is 0 Å². The number of carbonyl (C=O) groups excluding carboxylic acids is 2. The lowest BCUT2D eigenvalue weighted by Gasteiger charge is -2.42. The second kappa shape index (κ2) is 6.64. The maximum atomic E-state index is 13.3. The molecule has 0 N–H and O–H groups in total. The van der Waals surface area contributed by atoms with Gasteiger partial charge in [0.2, 0.25) is 5.91 Å². The number of aromatic nitrogens is 1. The molecule has 6 nitrogen and oxygen atoms in total. The Labute approximate surface area is 160 Å². The van der Waals surface area contributed by atoms with Crippen LogP contribution in [0, 0.1) is 11.3 Å². The molecule has 2 saturated heterocycles. The van der Waals surface area contributed by atoms with Crippen LogP contribution in [0.2, 0.25) is 0 Å². The molecule has 3 fully saturated rings. The van der Waals surface area contributed by atoms with Gasteiger partial charge in [0.15, 0.2) is 5.69 Å². The molecule has 1 saturated carbocycles. The minimum absolute atomic E-state index is 0.0392. The third-order valence-electron chi connectivity index (χ3n) is 7.32. The molecule has 3 heterocycles. The van der Waals surface area contributed by atoms with E-state index >= 15 is 0 Å². The zero-order valence-corrected chi connectivity index (χ0v) is 16.0. The summed E-state index contributed by atoms with van der Waals surface area (Å²) in [4.78, 5) is 30.3. The lowest BCUT2D eigenvalue weighted by molar-refractivity contribution is -0.146. The van der Waals surface area contributed by atoms with E-state index in [-0.39, 0.29) is 17.2 Å². The van der Waals surface area contributed by atoms with Gasteiger partial charge in [-0.1, -0.05) is 11.6 Å². The summed E-state index contributed by atoms with van der Waals surface area (Å²) in [5.74, 6) is 1.84. The molecule has 0 bridgehead atoms. The largest absolute Gasteiger partial charge is 0.360 e. The first-order valence-corrected chi connectivity index (χ1v) is 10.7. The van der Waals surface area contributed by atoms with Gasteiger partial charge in [-0.3, -0.25) is 9.59 Å². The third kappa shape index (κ3) is 2.88. The lowest BCUT2D eigenvalue weighted by Crippen LogP contribution is -2.52. The van der Waals surface area contributed by atoms with Crippen LogP contribution in [0.4, 0.5) is 0 Å². The van der Waals surface area contributed by atoms with E-state index in [1.54, 1.807) is 0 Å². The van der Waals surface area contributed by atoms with E-state index in [1.807, 2.05) is 4.90 Å². The van der Waals surface area contributed by atoms with E-state index < -0.39 is 0 Å². The second-order valence-corrected chi connectivity index (χ2v) is 9.05. The van der Waals surface area contributed by atoms with Crippen molar-refractivity contribution in [3.8, 4) is 0 Å². The molecule has 5 rings (SSSR count). The molecule has 2 amide bonds. The lowest BCUT2D eigenvalue weighted by atomic mass is 9.77. The molecule has 27 heavy (non-hydrogen) atoms. The minimum atomic E-state index is -0.360. The molecule has 2 aliphatic heterocycles. The smallest absolute Gasteiger partial charge is 0.276 e. The van der Waals surface area contributed by atoms with Crippen molar-refractivity contribution in [3.05, 3.63) is 17.0 Å². The van der Waals surface area contributed by atoms with Crippen LogP contribution in [0.5, 0.6) is 0 Å². The zero-order chi connectivity index (χ0) is 18.4. The Morgan fingerprint density at radius 1 is 1.11 bits per heavy atom. The fourth-order valence-corrected chi connectivity index (χ4v) is 5.44. The summed E-state index contributed by atoms with van der Waals surface area (Å²) in [6.45, 7) is 3.02. The van der Waals surface area contributed by atoms with Crippen molar-refractivity contribution in [3.63, 3.8) is 0 Å². The summed E-state index contributed by atoms with van der Waals surface area (Å²) in [6.07, 6.45) is 10.5. The molecule has 1 aromatic rings. The Kier molecular flexibility index (Phi) is 4.25. The first-order chi connectivity index (χ1) is 13.2. The van der Waals surface area contributed by atoms with E-state index in [1.165, 1.54) is 19.3 Å². The van der Waals surface area contributed by atoms with Crippen molar-refractivity contribution in [2.45, 2.75) is 64.2 Å². The van der Waals surface area contributed by atoms with Gasteiger partial charge in [-0.15, -0.1) is 0 Å². The van der Waals surface area contributed by atoms with Crippen LogP contribution in [0.1, 0.15) is 73.2 Å². The van der Waals surface area contributed by atoms with Crippen molar-refractivity contribution in [1.29, 1.82) is 0 Å². The van der Waals surface area contributed by atoms with Gasteiger partial charge in [-0.05, 0) is 57.3 Å². The van der Waals surface area contributed by atoms with Crippen LogP contribution in [-0.4, -0.2) is 52.9 Å². The Balaban J connectivity index is 1.30. The Hall–Kier alpha value is -1.85. The van der Waals surface area contributed by atoms with Gasteiger partial charge in [0.05, 0.1) is 5.41 Å². The summed E-state index contributed by atoms with van der Waals surface area (Å²) >= 11 is 0. The van der Waals surface area contributed by atoms with Gasteiger partial charge in [0.1, 0.15) is 5.76 Å². The number of amides is 2. The SMILES string of the molecule is O=C(c1noc2c1CCCC2)N1CC[C@]2(CCCN(CC3CCC3)C2=O)C1. The highest BCUT2D eigenvalue weighted by Gasteiger charge is 2.50. The molecule has 6 heteroatoms. The highest BCUT2D eigenvalue weighted by atomic mass is 16.5. The van der Waals surface area contributed by atoms with Crippen molar-refractivity contribution in [2.24, 2.45) is 11.3 Å².